The van der Waals surface area contributed by atoms with Gasteiger partial charge in [0.2, 0.25) is 0 Å². The lowest BCUT2D eigenvalue weighted by Gasteiger charge is -2.19. The molecule has 0 saturated carbocycles. The number of nitrogens with zero attached hydrogens (tertiary/aromatic N) is 2. The van der Waals surface area contributed by atoms with E-state index in [1.165, 1.54) is 11.3 Å². The normalized spacial score (nSPS) is 10.1. The molecular formula is C9H13ClN2OS. The van der Waals surface area contributed by atoms with Crippen LogP contribution < -0.4 is 0 Å². The van der Waals surface area contributed by atoms with E-state index in [2.05, 4.69) is 4.98 Å². The van der Waals surface area contributed by atoms with E-state index in [4.69, 9.17) is 11.6 Å². The molecule has 78 valence electrons. The SMILES string of the molecule is CCN(CCCCl)C(=O)c1cncs1. The van der Waals surface area contributed by atoms with Gasteiger partial charge in [0.25, 0.3) is 5.91 Å². The molecule has 0 aliphatic carbocycles. The zero-order chi connectivity index (χ0) is 10.4. The highest BCUT2D eigenvalue weighted by molar-refractivity contribution is 7.11. The largest absolute Gasteiger partial charge is 0.338 e. The van der Waals surface area contributed by atoms with E-state index >= 15 is 0 Å². The van der Waals surface area contributed by atoms with Crippen molar-refractivity contribution in [3.05, 3.63) is 16.6 Å². The van der Waals surface area contributed by atoms with E-state index in [0.29, 0.717) is 17.3 Å². The first-order valence-electron chi connectivity index (χ1n) is 4.53. The summed E-state index contributed by atoms with van der Waals surface area (Å²) in [7, 11) is 0. The Labute approximate surface area is 92.7 Å². The van der Waals surface area contributed by atoms with Crippen LogP contribution in [0, 0.1) is 0 Å². The number of hydrogen-bond donors (Lipinski definition) is 0. The van der Waals surface area contributed by atoms with Crippen molar-refractivity contribution >= 4 is 28.8 Å². The molecule has 1 amide bonds. The number of carbonyl (C=O) groups excluding carboxylic acids is 1. The van der Waals surface area contributed by atoms with Crippen LogP contribution in [0.25, 0.3) is 0 Å². The highest BCUT2D eigenvalue weighted by Gasteiger charge is 2.14. The molecule has 1 rings (SSSR count). The number of alkyl halides is 1. The van der Waals surface area contributed by atoms with Gasteiger partial charge >= 0.3 is 0 Å². The zero-order valence-electron chi connectivity index (χ0n) is 8.07. The van der Waals surface area contributed by atoms with Gasteiger partial charge in [-0.2, -0.15) is 0 Å². The van der Waals surface area contributed by atoms with Gasteiger partial charge in [0, 0.05) is 19.0 Å². The van der Waals surface area contributed by atoms with Gasteiger partial charge in [0.1, 0.15) is 4.88 Å². The summed E-state index contributed by atoms with van der Waals surface area (Å²) in [5.41, 5.74) is 1.67. The molecule has 0 unspecified atom stereocenters. The Bertz CT molecular complexity index is 276. The van der Waals surface area contributed by atoms with E-state index in [9.17, 15) is 4.79 Å². The smallest absolute Gasteiger partial charge is 0.265 e. The van der Waals surface area contributed by atoms with Crippen molar-refractivity contribution in [2.24, 2.45) is 0 Å². The summed E-state index contributed by atoms with van der Waals surface area (Å²) < 4.78 is 0. The molecule has 1 heterocycles. The summed E-state index contributed by atoms with van der Waals surface area (Å²) in [4.78, 5) is 18.2. The lowest BCUT2D eigenvalue weighted by Crippen LogP contribution is -2.31. The van der Waals surface area contributed by atoms with Gasteiger partial charge < -0.3 is 4.90 Å². The molecule has 0 atom stereocenters. The maximum atomic E-state index is 11.8. The molecule has 0 aromatic carbocycles. The van der Waals surface area contributed by atoms with E-state index < -0.39 is 0 Å². The van der Waals surface area contributed by atoms with Crippen LogP contribution in [0.3, 0.4) is 0 Å². The van der Waals surface area contributed by atoms with E-state index in [-0.39, 0.29) is 5.91 Å². The third kappa shape index (κ3) is 2.96. The highest BCUT2D eigenvalue weighted by Crippen LogP contribution is 2.09. The van der Waals surface area contributed by atoms with Gasteiger partial charge in [-0.15, -0.1) is 22.9 Å². The lowest BCUT2D eigenvalue weighted by atomic mass is 10.3. The number of amides is 1. The molecule has 1 aromatic rings. The van der Waals surface area contributed by atoms with Gasteiger partial charge in [0.05, 0.1) is 11.7 Å². The Morgan fingerprint density at radius 1 is 1.71 bits per heavy atom. The average molecular weight is 233 g/mol. The maximum Gasteiger partial charge on any atom is 0.265 e. The van der Waals surface area contributed by atoms with Gasteiger partial charge in [-0.05, 0) is 13.3 Å². The molecule has 0 radical (unpaired) electrons. The second-order valence-electron chi connectivity index (χ2n) is 2.79. The standard InChI is InChI=1S/C9H13ClN2OS/c1-2-12(5-3-4-10)9(13)8-6-11-7-14-8/h6-7H,2-5H2,1H3. The minimum Gasteiger partial charge on any atom is -0.338 e. The zero-order valence-corrected chi connectivity index (χ0v) is 9.64. The number of hydrogen-bond acceptors (Lipinski definition) is 3. The monoisotopic (exact) mass is 232 g/mol. The average Bonchev–Trinajstić information content (AvgIpc) is 2.71. The fourth-order valence-electron chi connectivity index (χ4n) is 1.13. The highest BCUT2D eigenvalue weighted by atomic mass is 35.5. The van der Waals surface area contributed by atoms with Crippen LogP contribution >= 0.6 is 22.9 Å². The van der Waals surface area contributed by atoms with E-state index in [1.807, 2.05) is 6.92 Å². The van der Waals surface area contributed by atoms with Gasteiger partial charge in [-0.1, -0.05) is 0 Å². The minimum absolute atomic E-state index is 0.0557. The summed E-state index contributed by atoms with van der Waals surface area (Å²) in [6, 6.07) is 0. The van der Waals surface area contributed by atoms with Gasteiger partial charge in [-0.3, -0.25) is 9.78 Å². The molecule has 0 N–H and O–H groups in total. The molecule has 1 aromatic heterocycles. The molecule has 3 nitrogen and oxygen atoms in total. The van der Waals surface area contributed by atoms with Gasteiger partial charge in [-0.25, -0.2) is 0 Å². The quantitative estimate of drug-likeness (QED) is 0.730. The van der Waals surface area contributed by atoms with Crippen molar-refractivity contribution in [1.82, 2.24) is 9.88 Å². The Morgan fingerprint density at radius 2 is 2.50 bits per heavy atom. The molecule has 0 fully saturated rings. The van der Waals surface area contributed by atoms with Crippen LogP contribution in [0.2, 0.25) is 0 Å². The first kappa shape index (κ1) is 11.5. The minimum atomic E-state index is 0.0557. The molecule has 14 heavy (non-hydrogen) atoms. The molecule has 0 aliphatic heterocycles. The summed E-state index contributed by atoms with van der Waals surface area (Å²) in [5.74, 6) is 0.645. The number of thiazole rings is 1. The Kier molecular flexibility index (Phi) is 4.90. The number of carbonyl (C=O) groups is 1. The number of rotatable bonds is 5. The number of halogens is 1. The topological polar surface area (TPSA) is 33.2 Å². The lowest BCUT2D eigenvalue weighted by molar-refractivity contribution is 0.0769. The van der Waals surface area contributed by atoms with Crippen molar-refractivity contribution < 1.29 is 4.79 Å². The fourth-order valence-corrected chi connectivity index (χ4v) is 1.84. The third-order valence-electron chi connectivity index (χ3n) is 1.87. The van der Waals surface area contributed by atoms with Crippen LogP contribution in [0.5, 0.6) is 0 Å². The molecular weight excluding hydrogens is 220 g/mol. The van der Waals surface area contributed by atoms with Crippen LogP contribution in [0.15, 0.2) is 11.7 Å². The first-order valence-corrected chi connectivity index (χ1v) is 5.94. The summed E-state index contributed by atoms with van der Waals surface area (Å²) >= 11 is 6.96. The van der Waals surface area contributed by atoms with Crippen molar-refractivity contribution in [1.29, 1.82) is 0 Å². The Morgan fingerprint density at radius 3 is 3.00 bits per heavy atom. The molecule has 0 aliphatic rings. The predicted molar refractivity (Wildman–Crippen MR) is 59.0 cm³/mol. The van der Waals surface area contributed by atoms with Crippen molar-refractivity contribution in [2.45, 2.75) is 13.3 Å². The van der Waals surface area contributed by atoms with Crippen LogP contribution in [-0.2, 0) is 0 Å². The van der Waals surface area contributed by atoms with Crippen LogP contribution in [0.1, 0.15) is 23.0 Å². The van der Waals surface area contributed by atoms with Crippen molar-refractivity contribution in [2.75, 3.05) is 19.0 Å². The Balaban J connectivity index is 2.56. The Hall–Kier alpha value is -0.610. The molecule has 0 saturated heterocycles. The third-order valence-corrected chi connectivity index (χ3v) is 2.90. The van der Waals surface area contributed by atoms with Crippen LogP contribution in [-0.4, -0.2) is 34.8 Å². The first-order chi connectivity index (χ1) is 6.79. The van der Waals surface area contributed by atoms with Gasteiger partial charge in [0.15, 0.2) is 0 Å². The molecule has 0 spiro atoms. The maximum absolute atomic E-state index is 11.8. The molecule has 5 heteroatoms. The van der Waals surface area contributed by atoms with Crippen LogP contribution in [0.4, 0.5) is 0 Å². The number of aromatic nitrogens is 1. The summed E-state index contributed by atoms with van der Waals surface area (Å²) in [6.45, 7) is 3.40. The summed E-state index contributed by atoms with van der Waals surface area (Å²) in [5, 5.41) is 0. The second kappa shape index (κ2) is 5.98. The molecule has 0 bridgehead atoms. The second-order valence-corrected chi connectivity index (χ2v) is 4.06. The predicted octanol–water partition coefficient (Wildman–Crippen LogP) is 2.23. The summed E-state index contributed by atoms with van der Waals surface area (Å²) in [6.07, 6.45) is 2.44. The van der Waals surface area contributed by atoms with Crippen molar-refractivity contribution in [3.8, 4) is 0 Å². The van der Waals surface area contributed by atoms with E-state index in [0.717, 1.165) is 13.0 Å². The van der Waals surface area contributed by atoms with Crippen molar-refractivity contribution in [3.63, 3.8) is 0 Å². The van der Waals surface area contributed by atoms with E-state index in [1.54, 1.807) is 16.6 Å². The fraction of sp³-hybridized carbons (Fsp3) is 0.556.